The lowest BCUT2D eigenvalue weighted by Gasteiger charge is -2.21. The molecule has 0 saturated carbocycles. The van der Waals surface area contributed by atoms with Crippen LogP contribution in [0.5, 0.6) is 0 Å². The lowest BCUT2D eigenvalue weighted by atomic mass is 9.89. The summed E-state index contributed by atoms with van der Waals surface area (Å²) in [6.07, 6.45) is 2.76. The summed E-state index contributed by atoms with van der Waals surface area (Å²) in [7, 11) is 0. The van der Waals surface area contributed by atoms with E-state index in [4.69, 9.17) is 0 Å². The van der Waals surface area contributed by atoms with Gasteiger partial charge in [-0.15, -0.1) is 0 Å². The fourth-order valence-electron chi connectivity index (χ4n) is 1.93. The van der Waals surface area contributed by atoms with E-state index in [1.165, 1.54) is 5.56 Å². The van der Waals surface area contributed by atoms with E-state index in [1.54, 1.807) is 0 Å². The first kappa shape index (κ1) is 11.3. The summed E-state index contributed by atoms with van der Waals surface area (Å²) in [5.41, 5.74) is 1.26. The highest BCUT2D eigenvalue weighted by molar-refractivity contribution is 5.20. The van der Waals surface area contributed by atoms with Gasteiger partial charge < -0.3 is 5.11 Å². The standard InChI is InChI=1S/C13H20O/c1-3-8-13(14)12(4-2)11-9-6-5-7-10-11/h5-7,9-10,12-14H,3-4,8H2,1-2H3/t12-,13+/m0/s1. The maximum absolute atomic E-state index is 9.96. The Balaban J connectivity index is 2.71. The molecule has 1 aromatic rings. The van der Waals surface area contributed by atoms with Crippen molar-refractivity contribution in [3.8, 4) is 0 Å². The summed E-state index contributed by atoms with van der Waals surface area (Å²) in [5.74, 6) is 0.302. The Labute approximate surface area is 86.8 Å². The van der Waals surface area contributed by atoms with Gasteiger partial charge in [0.15, 0.2) is 0 Å². The average Bonchev–Trinajstić information content (AvgIpc) is 2.21. The van der Waals surface area contributed by atoms with Crippen LogP contribution in [0.2, 0.25) is 0 Å². The van der Waals surface area contributed by atoms with Crippen LogP contribution in [-0.4, -0.2) is 11.2 Å². The summed E-state index contributed by atoms with van der Waals surface area (Å²) in [6, 6.07) is 10.3. The number of aliphatic hydroxyl groups excluding tert-OH is 1. The Morgan fingerprint density at radius 2 is 1.79 bits per heavy atom. The maximum atomic E-state index is 9.96. The summed E-state index contributed by atoms with van der Waals surface area (Å²) in [6.45, 7) is 4.25. The fraction of sp³-hybridized carbons (Fsp3) is 0.538. The number of rotatable bonds is 5. The topological polar surface area (TPSA) is 20.2 Å². The van der Waals surface area contributed by atoms with E-state index in [1.807, 2.05) is 18.2 Å². The van der Waals surface area contributed by atoms with Crippen molar-refractivity contribution in [3.05, 3.63) is 35.9 Å². The van der Waals surface area contributed by atoms with Crippen LogP contribution in [-0.2, 0) is 0 Å². The lowest BCUT2D eigenvalue weighted by Crippen LogP contribution is -2.17. The first-order valence-corrected chi connectivity index (χ1v) is 5.52. The van der Waals surface area contributed by atoms with Crippen molar-refractivity contribution in [2.75, 3.05) is 0 Å². The minimum Gasteiger partial charge on any atom is -0.392 e. The molecule has 0 aliphatic carbocycles. The molecule has 0 bridgehead atoms. The molecule has 2 atom stereocenters. The smallest absolute Gasteiger partial charge is 0.0608 e. The Kier molecular flexibility index (Phi) is 4.68. The van der Waals surface area contributed by atoms with E-state index in [0.29, 0.717) is 5.92 Å². The molecule has 0 saturated heterocycles. The number of hydrogen-bond donors (Lipinski definition) is 1. The molecule has 1 rings (SSSR count). The van der Waals surface area contributed by atoms with Crippen molar-refractivity contribution in [1.82, 2.24) is 0 Å². The molecule has 1 N–H and O–H groups in total. The van der Waals surface area contributed by atoms with Crippen molar-refractivity contribution in [2.24, 2.45) is 0 Å². The molecule has 0 unspecified atom stereocenters. The van der Waals surface area contributed by atoms with Gasteiger partial charge in [-0.1, -0.05) is 50.6 Å². The van der Waals surface area contributed by atoms with Gasteiger partial charge in [-0.05, 0) is 18.4 Å². The SMILES string of the molecule is CCC[C@@H](O)[C@@H](CC)c1ccccc1. The summed E-state index contributed by atoms with van der Waals surface area (Å²) in [4.78, 5) is 0. The molecule has 1 heteroatoms. The van der Waals surface area contributed by atoms with Crippen molar-refractivity contribution < 1.29 is 5.11 Å². The highest BCUT2D eigenvalue weighted by atomic mass is 16.3. The Bertz CT molecular complexity index is 243. The van der Waals surface area contributed by atoms with Crippen molar-refractivity contribution in [1.29, 1.82) is 0 Å². The average molecular weight is 192 g/mol. The number of hydrogen-bond acceptors (Lipinski definition) is 1. The zero-order valence-corrected chi connectivity index (χ0v) is 9.11. The van der Waals surface area contributed by atoms with Crippen LogP contribution in [0.25, 0.3) is 0 Å². The van der Waals surface area contributed by atoms with E-state index in [0.717, 1.165) is 19.3 Å². The van der Waals surface area contributed by atoms with Crippen molar-refractivity contribution in [2.45, 2.75) is 45.1 Å². The van der Waals surface area contributed by atoms with Gasteiger partial charge in [0.1, 0.15) is 0 Å². The molecule has 1 nitrogen and oxygen atoms in total. The van der Waals surface area contributed by atoms with Gasteiger partial charge in [-0.25, -0.2) is 0 Å². The van der Waals surface area contributed by atoms with E-state index < -0.39 is 0 Å². The first-order valence-electron chi connectivity index (χ1n) is 5.52. The second-order valence-electron chi connectivity index (χ2n) is 3.78. The summed E-state index contributed by atoms with van der Waals surface area (Å²) in [5, 5.41) is 9.96. The zero-order chi connectivity index (χ0) is 10.4. The molecule has 0 spiro atoms. The van der Waals surface area contributed by atoms with Gasteiger partial charge in [0.25, 0.3) is 0 Å². The van der Waals surface area contributed by atoms with Crippen molar-refractivity contribution in [3.63, 3.8) is 0 Å². The molecule has 0 heterocycles. The van der Waals surface area contributed by atoms with Crippen LogP contribution in [0.4, 0.5) is 0 Å². The minimum atomic E-state index is -0.188. The second kappa shape index (κ2) is 5.82. The monoisotopic (exact) mass is 192 g/mol. The van der Waals surface area contributed by atoms with Gasteiger partial charge in [-0.3, -0.25) is 0 Å². The van der Waals surface area contributed by atoms with Crippen LogP contribution in [0.15, 0.2) is 30.3 Å². The molecule has 0 aliphatic heterocycles. The van der Waals surface area contributed by atoms with Crippen LogP contribution in [0.1, 0.15) is 44.6 Å². The van der Waals surface area contributed by atoms with E-state index in [9.17, 15) is 5.11 Å². The van der Waals surface area contributed by atoms with Gasteiger partial charge >= 0.3 is 0 Å². The molecule has 78 valence electrons. The Morgan fingerprint density at radius 3 is 2.29 bits per heavy atom. The Morgan fingerprint density at radius 1 is 1.14 bits per heavy atom. The molecule has 0 aromatic heterocycles. The normalized spacial score (nSPS) is 15.1. The molecular weight excluding hydrogens is 172 g/mol. The van der Waals surface area contributed by atoms with E-state index in [-0.39, 0.29) is 6.10 Å². The molecule has 0 amide bonds. The third kappa shape index (κ3) is 2.85. The molecular formula is C13H20O. The Hall–Kier alpha value is -0.820. The van der Waals surface area contributed by atoms with E-state index in [2.05, 4.69) is 26.0 Å². The third-order valence-corrected chi connectivity index (χ3v) is 2.72. The highest BCUT2D eigenvalue weighted by Crippen LogP contribution is 2.25. The number of benzene rings is 1. The summed E-state index contributed by atoms with van der Waals surface area (Å²) < 4.78 is 0. The molecule has 0 fully saturated rings. The van der Waals surface area contributed by atoms with E-state index >= 15 is 0 Å². The second-order valence-corrected chi connectivity index (χ2v) is 3.78. The minimum absolute atomic E-state index is 0.188. The predicted octanol–water partition coefficient (Wildman–Crippen LogP) is 3.34. The van der Waals surface area contributed by atoms with Gasteiger partial charge in [0.2, 0.25) is 0 Å². The number of aliphatic hydroxyl groups is 1. The zero-order valence-electron chi connectivity index (χ0n) is 9.11. The van der Waals surface area contributed by atoms with Gasteiger partial charge in [-0.2, -0.15) is 0 Å². The predicted molar refractivity (Wildman–Crippen MR) is 60.4 cm³/mol. The maximum Gasteiger partial charge on any atom is 0.0608 e. The molecule has 14 heavy (non-hydrogen) atoms. The molecule has 0 aliphatic rings. The van der Waals surface area contributed by atoms with Crippen LogP contribution in [0, 0.1) is 0 Å². The highest BCUT2D eigenvalue weighted by Gasteiger charge is 2.17. The molecule has 0 radical (unpaired) electrons. The van der Waals surface area contributed by atoms with Crippen LogP contribution < -0.4 is 0 Å². The summed E-state index contributed by atoms with van der Waals surface area (Å²) >= 11 is 0. The first-order chi connectivity index (χ1) is 6.79. The van der Waals surface area contributed by atoms with Crippen LogP contribution in [0.3, 0.4) is 0 Å². The molecule has 1 aromatic carbocycles. The van der Waals surface area contributed by atoms with Gasteiger partial charge in [0, 0.05) is 5.92 Å². The van der Waals surface area contributed by atoms with Gasteiger partial charge in [0.05, 0.1) is 6.10 Å². The lowest BCUT2D eigenvalue weighted by molar-refractivity contribution is 0.130. The largest absolute Gasteiger partial charge is 0.392 e. The van der Waals surface area contributed by atoms with Crippen molar-refractivity contribution >= 4 is 0 Å². The van der Waals surface area contributed by atoms with Crippen LogP contribution >= 0.6 is 0 Å². The fourth-order valence-corrected chi connectivity index (χ4v) is 1.93. The quantitative estimate of drug-likeness (QED) is 0.758. The third-order valence-electron chi connectivity index (χ3n) is 2.72.